The van der Waals surface area contributed by atoms with Crippen LogP contribution in [0.3, 0.4) is 0 Å². The van der Waals surface area contributed by atoms with E-state index in [1.54, 1.807) is 0 Å². The molecule has 0 spiro atoms. The molecule has 0 aromatic heterocycles. The van der Waals surface area contributed by atoms with E-state index in [0.29, 0.717) is 12.7 Å². The van der Waals surface area contributed by atoms with Gasteiger partial charge in [-0.25, -0.2) is 0 Å². The standard InChI is InChI=1S/C16H25NO/c1-3-13-7-4-5-10-16(13)18-11-14-8-6-9-15(17)12(14)2/h6,8-9,13,16H,3-5,7,10-11,17H2,1-2H3. The fraction of sp³-hybridized carbons (Fsp3) is 0.625. The summed E-state index contributed by atoms with van der Waals surface area (Å²) < 4.78 is 6.15. The van der Waals surface area contributed by atoms with Gasteiger partial charge in [0.05, 0.1) is 12.7 Å². The van der Waals surface area contributed by atoms with E-state index in [2.05, 4.69) is 19.9 Å². The molecule has 2 N–H and O–H groups in total. The van der Waals surface area contributed by atoms with Crippen LogP contribution >= 0.6 is 0 Å². The van der Waals surface area contributed by atoms with Gasteiger partial charge in [-0.2, -0.15) is 0 Å². The largest absolute Gasteiger partial charge is 0.399 e. The van der Waals surface area contributed by atoms with Crippen LogP contribution in [0.15, 0.2) is 18.2 Å². The second-order valence-corrected chi connectivity index (χ2v) is 5.43. The summed E-state index contributed by atoms with van der Waals surface area (Å²) in [5, 5.41) is 0. The van der Waals surface area contributed by atoms with Crippen molar-refractivity contribution in [3.05, 3.63) is 29.3 Å². The highest BCUT2D eigenvalue weighted by Gasteiger charge is 2.24. The van der Waals surface area contributed by atoms with Crippen molar-refractivity contribution in [1.29, 1.82) is 0 Å². The second kappa shape index (κ2) is 6.24. The Morgan fingerprint density at radius 2 is 2.06 bits per heavy atom. The number of rotatable bonds is 4. The van der Waals surface area contributed by atoms with E-state index in [0.717, 1.165) is 11.6 Å². The predicted octanol–water partition coefficient (Wildman–Crippen LogP) is 4.06. The number of hydrogen-bond donors (Lipinski definition) is 1. The van der Waals surface area contributed by atoms with Gasteiger partial charge in [0, 0.05) is 5.69 Å². The molecule has 0 bridgehead atoms. The van der Waals surface area contributed by atoms with E-state index >= 15 is 0 Å². The van der Waals surface area contributed by atoms with Crippen molar-refractivity contribution in [1.82, 2.24) is 0 Å². The molecule has 2 atom stereocenters. The first-order valence-corrected chi connectivity index (χ1v) is 7.18. The van der Waals surface area contributed by atoms with Crippen LogP contribution in [0.1, 0.15) is 50.2 Å². The zero-order valence-corrected chi connectivity index (χ0v) is 11.6. The van der Waals surface area contributed by atoms with Crippen LogP contribution in [0.2, 0.25) is 0 Å². The molecule has 2 heteroatoms. The summed E-state index contributed by atoms with van der Waals surface area (Å²) in [5.74, 6) is 0.750. The first kappa shape index (κ1) is 13.4. The maximum atomic E-state index is 6.15. The van der Waals surface area contributed by atoms with Gasteiger partial charge in [0.1, 0.15) is 0 Å². The van der Waals surface area contributed by atoms with Crippen molar-refractivity contribution in [2.45, 2.75) is 58.7 Å². The van der Waals surface area contributed by atoms with Gasteiger partial charge in [-0.15, -0.1) is 0 Å². The van der Waals surface area contributed by atoms with E-state index in [1.165, 1.54) is 43.2 Å². The molecule has 0 radical (unpaired) electrons. The first-order chi connectivity index (χ1) is 8.72. The van der Waals surface area contributed by atoms with Crippen molar-refractivity contribution < 1.29 is 4.74 Å². The Bertz CT molecular complexity index is 389. The summed E-state index contributed by atoms with van der Waals surface area (Å²) in [7, 11) is 0. The number of nitrogen functional groups attached to an aromatic ring is 1. The lowest BCUT2D eigenvalue weighted by molar-refractivity contribution is -0.0223. The molecular weight excluding hydrogens is 222 g/mol. The quantitative estimate of drug-likeness (QED) is 0.814. The number of benzene rings is 1. The van der Waals surface area contributed by atoms with Crippen molar-refractivity contribution in [3.8, 4) is 0 Å². The molecule has 2 nitrogen and oxygen atoms in total. The highest BCUT2D eigenvalue weighted by atomic mass is 16.5. The molecule has 1 aromatic carbocycles. The predicted molar refractivity (Wildman–Crippen MR) is 76.4 cm³/mol. The summed E-state index contributed by atoms with van der Waals surface area (Å²) in [5.41, 5.74) is 9.19. The molecule has 1 aliphatic carbocycles. The lowest BCUT2D eigenvalue weighted by Crippen LogP contribution is -2.27. The molecule has 100 valence electrons. The Hall–Kier alpha value is -1.02. The average Bonchev–Trinajstić information content (AvgIpc) is 2.41. The molecule has 0 amide bonds. The third-order valence-corrected chi connectivity index (χ3v) is 4.30. The number of ether oxygens (including phenoxy) is 1. The topological polar surface area (TPSA) is 35.2 Å². The van der Waals surface area contributed by atoms with E-state index in [1.807, 2.05) is 12.1 Å². The van der Waals surface area contributed by atoms with Crippen LogP contribution in [0.25, 0.3) is 0 Å². The molecule has 2 rings (SSSR count). The minimum atomic E-state index is 0.449. The molecule has 18 heavy (non-hydrogen) atoms. The van der Waals surface area contributed by atoms with Gasteiger partial charge in [0.15, 0.2) is 0 Å². The lowest BCUT2D eigenvalue weighted by atomic mass is 9.85. The van der Waals surface area contributed by atoms with Crippen LogP contribution in [0.5, 0.6) is 0 Å². The molecular formula is C16H25NO. The summed E-state index contributed by atoms with van der Waals surface area (Å²) in [6.45, 7) is 5.06. The maximum absolute atomic E-state index is 6.15. The van der Waals surface area contributed by atoms with Crippen molar-refractivity contribution >= 4 is 5.69 Å². The monoisotopic (exact) mass is 247 g/mol. The maximum Gasteiger partial charge on any atom is 0.0724 e. The van der Waals surface area contributed by atoms with E-state index in [-0.39, 0.29) is 0 Å². The van der Waals surface area contributed by atoms with Crippen molar-refractivity contribution in [2.75, 3.05) is 5.73 Å². The average molecular weight is 247 g/mol. The molecule has 1 aromatic rings. The van der Waals surface area contributed by atoms with Gasteiger partial charge in [0.2, 0.25) is 0 Å². The van der Waals surface area contributed by atoms with Gasteiger partial charge in [0.25, 0.3) is 0 Å². The molecule has 2 unspecified atom stereocenters. The second-order valence-electron chi connectivity index (χ2n) is 5.43. The number of anilines is 1. The molecule has 0 aliphatic heterocycles. The fourth-order valence-corrected chi connectivity index (χ4v) is 2.92. The minimum Gasteiger partial charge on any atom is -0.399 e. The van der Waals surface area contributed by atoms with Gasteiger partial charge in [-0.05, 0) is 42.9 Å². The smallest absolute Gasteiger partial charge is 0.0724 e. The summed E-state index contributed by atoms with van der Waals surface area (Å²) >= 11 is 0. The number of hydrogen-bond acceptors (Lipinski definition) is 2. The van der Waals surface area contributed by atoms with Crippen molar-refractivity contribution in [3.63, 3.8) is 0 Å². The lowest BCUT2D eigenvalue weighted by Gasteiger charge is -2.31. The molecule has 1 saturated carbocycles. The molecule has 1 aliphatic rings. The van der Waals surface area contributed by atoms with Gasteiger partial charge < -0.3 is 10.5 Å². The Balaban J connectivity index is 1.96. The van der Waals surface area contributed by atoms with E-state index in [4.69, 9.17) is 10.5 Å². The highest BCUT2D eigenvalue weighted by Crippen LogP contribution is 2.30. The SMILES string of the molecule is CCC1CCCCC1OCc1cccc(N)c1C. The highest BCUT2D eigenvalue weighted by molar-refractivity contribution is 5.49. The van der Waals surface area contributed by atoms with Crippen LogP contribution < -0.4 is 5.73 Å². The van der Waals surface area contributed by atoms with Crippen LogP contribution in [0, 0.1) is 12.8 Å². The van der Waals surface area contributed by atoms with Crippen LogP contribution in [0.4, 0.5) is 5.69 Å². The van der Waals surface area contributed by atoms with Gasteiger partial charge >= 0.3 is 0 Å². The van der Waals surface area contributed by atoms with Gasteiger partial charge in [-0.3, -0.25) is 0 Å². The molecule has 0 heterocycles. The summed E-state index contributed by atoms with van der Waals surface area (Å²) in [4.78, 5) is 0. The zero-order valence-electron chi connectivity index (χ0n) is 11.6. The summed E-state index contributed by atoms with van der Waals surface area (Å²) in [6.07, 6.45) is 6.93. The third kappa shape index (κ3) is 3.05. The minimum absolute atomic E-state index is 0.449. The Morgan fingerprint density at radius 1 is 1.28 bits per heavy atom. The molecule has 1 fully saturated rings. The third-order valence-electron chi connectivity index (χ3n) is 4.30. The van der Waals surface area contributed by atoms with Crippen LogP contribution in [-0.4, -0.2) is 6.10 Å². The van der Waals surface area contributed by atoms with E-state index < -0.39 is 0 Å². The Kier molecular flexibility index (Phi) is 4.65. The summed E-state index contributed by atoms with van der Waals surface area (Å²) in [6, 6.07) is 6.09. The molecule has 0 saturated heterocycles. The van der Waals surface area contributed by atoms with Gasteiger partial charge in [-0.1, -0.05) is 38.3 Å². The Morgan fingerprint density at radius 3 is 2.83 bits per heavy atom. The first-order valence-electron chi connectivity index (χ1n) is 7.18. The van der Waals surface area contributed by atoms with Crippen molar-refractivity contribution in [2.24, 2.45) is 5.92 Å². The number of nitrogens with two attached hydrogens (primary N) is 1. The van der Waals surface area contributed by atoms with Crippen LogP contribution in [-0.2, 0) is 11.3 Å². The Labute approximate surface area is 111 Å². The fourth-order valence-electron chi connectivity index (χ4n) is 2.92. The van der Waals surface area contributed by atoms with E-state index in [9.17, 15) is 0 Å². The normalized spacial score (nSPS) is 24.1. The zero-order chi connectivity index (χ0) is 13.0.